The molecule has 1 aromatic rings. The molecule has 2 nitrogen and oxygen atoms in total. The Kier molecular flexibility index (Phi) is 4.50. The van der Waals surface area contributed by atoms with E-state index in [2.05, 4.69) is 0 Å². The fourth-order valence-corrected chi connectivity index (χ4v) is 1.14. The SMILES string of the molecule is CC(N)c1cccc(OC/C=C/Cl)c1. The molecule has 0 aromatic heterocycles. The molecule has 0 fully saturated rings. The predicted octanol–water partition coefficient (Wildman–Crippen LogP) is 2.84. The van der Waals surface area contributed by atoms with Crippen molar-refractivity contribution in [2.75, 3.05) is 6.61 Å². The molecule has 0 heterocycles. The van der Waals surface area contributed by atoms with Gasteiger partial charge in [-0.25, -0.2) is 0 Å². The van der Waals surface area contributed by atoms with E-state index in [-0.39, 0.29) is 6.04 Å². The van der Waals surface area contributed by atoms with Crippen LogP contribution in [0.4, 0.5) is 0 Å². The normalized spacial score (nSPS) is 13.1. The third-order valence-corrected chi connectivity index (χ3v) is 2.00. The summed E-state index contributed by atoms with van der Waals surface area (Å²) in [4.78, 5) is 0. The molecule has 2 N–H and O–H groups in total. The summed E-state index contributed by atoms with van der Waals surface area (Å²) in [7, 11) is 0. The minimum Gasteiger partial charge on any atom is -0.489 e. The monoisotopic (exact) mass is 211 g/mol. The summed E-state index contributed by atoms with van der Waals surface area (Å²) < 4.78 is 5.41. The first-order valence-electron chi connectivity index (χ1n) is 4.47. The van der Waals surface area contributed by atoms with Crippen LogP contribution in [-0.4, -0.2) is 6.61 Å². The molecule has 1 aromatic carbocycles. The number of hydrogen-bond donors (Lipinski definition) is 1. The Bertz CT molecular complexity index is 310. The van der Waals surface area contributed by atoms with Crippen LogP contribution in [0, 0.1) is 0 Å². The summed E-state index contributed by atoms with van der Waals surface area (Å²) >= 11 is 5.37. The number of hydrogen-bond acceptors (Lipinski definition) is 2. The lowest BCUT2D eigenvalue weighted by atomic mass is 10.1. The lowest BCUT2D eigenvalue weighted by Gasteiger charge is -2.08. The second-order valence-electron chi connectivity index (χ2n) is 3.03. The van der Waals surface area contributed by atoms with Gasteiger partial charge in [0.1, 0.15) is 12.4 Å². The molecule has 0 radical (unpaired) electrons. The van der Waals surface area contributed by atoms with Gasteiger partial charge in [-0.2, -0.15) is 0 Å². The maximum atomic E-state index is 5.75. The smallest absolute Gasteiger partial charge is 0.120 e. The van der Waals surface area contributed by atoms with Gasteiger partial charge in [0.25, 0.3) is 0 Å². The van der Waals surface area contributed by atoms with Crippen molar-refractivity contribution in [3.63, 3.8) is 0 Å². The quantitative estimate of drug-likeness (QED) is 0.831. The Hall–Kier alpha value is -0.990. The molecular formula is C11H14ClNO. The molecule has 3 heteroatoms. The minimum atomic E-state index is 0.0297. The van der Waals surface area contributed by atoms with E-state index >= 15 is 0 Å². The molecule has 0 saturated carbocycles. The highest BCUT2D eigenvalue weighted by Crippen LogP contribution is 2.17. The fourth-order valence-electron chi connectivity index (χ4n) is 1.07. The van der Waals surface area contributed by atoms with Crippen molar-refractivity contribution in [2.24, 2.45) is 5.73 Å². The highest BCUT2D eigenvalue weighted by Gasteiger charge is 2.00. The van der Waals surface area contributed by atoms with Crippen LogP contribution in [-0.2, 0) is 0 Å². The highest BCUT2D eigenvalue weighted by molar-refractivity contribution is 6.25. The van der Waals surface area contributed by atoms with Crippen LogP contribution in [0.15, 0.2) is 35.9 Å². The highest BCUT2D eigenvalue weighted by atomic mass is 35.5. The molecule has 0 saturated heterocycles. The van der Waals surface area contributed by atoms with Crippen LogP contribution < -0.4 is 10.5 Å². The lowest BCUT2D eigenvalue weighted by molar-refractivity contribution is 0.362. The topological polar surface area (TPSA) is 35.2 Å². The zero-order chi connectivity index (χ0) is 10.4. The third-order valence-electron chi connectivity index (χ3n) is 1.82. The van der Waals surface area contributed by atoms with Crippen LogP contribution in [0.25, 0.3) is 0 Å². The van der Waals surface area contributed by atoms with Gasteiger partial charge in [0.15, 0.2) is 0 Å². The van der Waals surface area contributed by atoms with Gasteiger partial charge in [-0.05, 0) is 30.7 Å². The Morgan fingerprint density at radius 1 is 1.57 bits per heavy atom. The van der Waals surface area contributed by atoms with Gasteiger partial charge in [-0.15, -0.1) is 0 Å². The maximum Gasteiger partial charge on any atom is 0.120 e. The molecule has 0 amide bonds. The van der Waals surface area contributed by atoms with Crippen molar-refractivity contribution >= 4 is 11.6 Å². The third kappa shape index (κ3) is 3.40. The van der Waals surface area contributed by atoms with Gasteiger partial charge >= 0.3 is 0 Å². The number of nitrogens with two attached hydrogens (primary N) is 1. The first-order chi connectivity index (χ1) is 6.74. The summed E-state index contributed by atoms with van der Waals surface area (Å²) in [6.45, 7) is 2.42. The zero-order valence-corrected chi connectivity index (χ0v) is 8.87. The molecule has 0 bridgehead atoms. The summed E-state index contributed by atoms with van der Waals surface area (Å²) in [6.07, 6.45) is 1.74. The number of ether oxygens (including phenoxy) is 1. The molecule has 1 atom stereocenters. The van der Waals surface area contributed by atoms with Crippen LogP contribution in [0.2, 0.25) is 0 Å². The number of halogens is 1. The van der Waals surface area contributed by atoms with Crippen molar-refractivity contribution in [2.45, 2.75) is 13.0 Å². The standard InChI is InChI=1S/C11H14ClNO/c1-9(13)10-4-2-5-11(8-10)14-7-3-6-12/h2-6,8-9H,7,13H2,1H3/b6-3+. The van der Waals surface area contributed by atoms with E-state index in [4.69, 9.17) is 22.1 Å². The van der Waals surface area contributed by atoms with Crippen molar-refractivity contribution in [3.8, 4) is 5.75 Å². The van der Waals surface area contributed by atoms with E-state index in [1.165, 1.54) is 5.54 Å². The van der Waals surface area contributed by atoms with Gasteiger partial charge in [0, 0.05) is 11.6 Å². The molecule has 1 unspecified atom stereocenters. The summed E-state index contributed by atoms with van der Waals surface area (Å²) in [6, 6.07) is 7.77. The van der Waals surface area contributed by atoms with Crippen molar-refractivity contribution in [1.82, 2.24) is 0 Å². The van der Waals surface area contributed by atoms with Crippen molar-refractivity contribution in [3.05, 3.63) is 41.4 Å². The fraction of sp³-hybridized carbons (Fsp3) is 0.273. The molecule has 0 aliphatic carbocycles. The van der Waals surface area contributed by atoms with Crippen molar-refractivity contribution in [1.29, 1.82) is 0 Å². The van der Waals surface area contributed by atoms with Crippen molar-refractivity contribution < 1.29 is 4.74 Å². The van der Waals surface area contributed by atoms with E-state index < -0.39 is 0 Å². The van der Waals surface area contributed by atoms with Gasteiger partial charge in [-0.3, -0.25) is 0 Å². The molecule has 14 heavy (non-hydrogen) atoms. The average molecular weight is 212 g/mol. The molecule has 1 rings (SSSR count). The van der Waals surface area contributed by atoms with E-state index in [1.807, 2.05) is 31.2 Å². The first-order valence-corrected chi connectivity index (χ1v) is 4.91. The Morgan fingerprint density at radius 2 is 2.36 bits per heavy atom. The second kappa shape index (κ2) is 5.68. The Labute approximate surface area is 89.3 Å². The van der Waals surface area contributed by atoms with E-state index in [0.29, 0.717) is 6.61 Å². The van der Waals surface area contributed by atoms with Gasteiger partial charge < -0.3 is 10.5 Å². The van der Waals surface area contributed by atoms with Gasteiger partial charge in [0.2, 0.25) is 0 Å². The summed E-state index contributed by atoms with van der Waals surface area (Å²) in [5.41, 5.74) is 8.25. The summed E-state index contributed by atoms with van der Waals surface area (Å²) in [5, 5.41) is 0. The number of benzene rings is 1. The molecule has 0 spiro atoms. The second-order valence-corrected chi connectivity index (χ2v) is 3.29. The van der Waals surface area contributed by atoms with E-state index in [9.17, 15) is 0 Å². The van der Waals surface area contributed by atoms with Gasteiger partial charge in [-0.1, -0.05) is 23.7 Å². The van der Waals surface area contributed by atoms with E-state index in [0.717, 1.165) is 11.3 Å². The van der Waals surface area contributed by atoms with E-state index in [1.54, 1.807) is 6.08 Å². The lowest BCUT2D eigenvalue weighted by Crippen LogP contribution is -2.05. The predicted molar refractivity (Wildman–Crippen MR) is 59.5 cm³/mol. The molecule has 76 valence electrons. The maximum absolute atomic E-state index is 5.75. The van der Waals surface area contributed by atoms with Gasteiger partial charge in [0.05, 0.1) is 0 Å². The summed E-state index contributed by atoms with van der Waals surface area (Å²) in [5.74, 6) is 0.814. The van der Waals surface area contributed by atoms with Crippen LogP contribution in [0.1, 0.15) is 18.5 Å². The van der Waals surface area contributed by atoms with Crippen LogP contribution in [0.3, 0.4) is 0 Å². The Balaban J connectivity index is 2.64. The Morgan fingerprint density at radius 3 is 3.00 bits per heavy atom. The average Bonchev–Trinajstić information content (AvgIpc) is 2.19. The number of rotatable bonds is 4. The largest absolute Gasteiger partial charge is 0.489 e. The molecular weight excluding hydrogens is 198 g/mol. The minimum absolute atomic E-state index is 0.0297. The first kappa shape index (κ1) is 11.1. The molecule has 0 aliphatic heterocycles. The van der Waals surface area contributed by atoms with Crippen LogP contribution >= 0.6 is 11.6 Å². The van der Waals surface area contributed by atoms with Crippen LogP contribution in [0.5, 0.6) is 5.75 Å². The molecule has 0 aliphatic rings. The zero-order valence-electron chi connectivity index (χ0n) is 8.11.